The first-order chi connectivity index (χ1) is 6.19. The van der Waals surface area contributed by atoms with Crippen LogP contribution in [0, 0.1) is 6.92 Å². The van der Waals surface area contributed by atoms with E-state index < -0.39 is 0 Å². The summed E-state index contributed by atoms with van der Waals surface area (Å²) in [6.07, 6.45) is 1.80. The first-order valence-corrected chi connectivity index (χ1v) is 4.42. The number of hydrogen-bond acceptors (Lipinski definition) is 4. The molecule has 0 aliphatic rings. The molecule has 1 aromatic rings. The minimum absolute atomic E-state index is 0.502. The van der Waals surface area contributed by atoms with Gasteiger partial charge in [0.15, 0.2) is 0 Å². The molecule has 0 radical (unpaired) electrons. The predicted molar refractivity (Wildman–Crippen MR) is 53.6 cm³/mol. The molecule has 0 aliphatic carbocycles. The quantitative estimate of drug-likeness (QED) is 0.744. The molecule has 72 valence electrons. The van der Waals surface area contributed by atoms with E-state index in [1.165, 1.54) is 0 Å². The highest BCUT2D eigenvalue weighted by molar-refractivity contribution is 5.31. The highest BCUT2D eigenvalue weighted by atomic mass is 15.2. The van der Waals surface area contributed by atoms with Crippen LogP contribution in [0.25, 0.3) is 0 Å². The first kappa shape index (κ1) is 9.92. The van der Waals surface area contributed by atoms with Gasteiger partial charge in [0.1, 0.15) is 0 Å². The summed E-state index contributed by atoms with van der Waals surface area (Å²) < 4.78 is 0. The number of anilines is 1. The van der Waals surface area contributed by atoms with Gasteiger partial charge in [-0.3, -0.25) is 0 Å². The lowest BCUT2D eigenvalue weighted by molar-refractivity contribution is 0.873. The molecule has 1 rings (SSSR count). The van der Waals surface area contributed by atoms with Crippen LogP contribution in [0.1, 0.15) is 18.2 Å². The monoisotopic (exact) mass is 180 g/mol. The van der Waals surface area contributed by atoms with Crippen LogP contribution in [0.15, 0.2) is 6.20 Å². The maximum atomic E-state index is 5.52. The molecule has 0 saturated heterocycles. The van der Waals surface area contributed by atoms with Crippen molar-refractivity contribution < 1.29 is 0 Å². The fourth-order valence-electron chi connectivity index (χ4n) is 1.01. The first-order valence-electron chi connectivity index (χ1n) is 4.42. The fraction of sp³-hybridized carbons (Fsp3) is 0.556. The smallest absolute Gasteiger partial charge is 0.225 e. The van der Waals surface area contributed by atoms with E-state index in [2.05, 4.69) is 16.9 Å². The molecule has 0 saturated carbocycles. The summed E-state index contributed by atoms with van der Waals surface area (Å²) in [7, 11) is 1.97. The highest BCUT2D eigenvalue weighted by Crippen LogP contribution is 2.08. The van der Waals surface area contributed by atoms with Gasteiger partial charge in [0.05, 0.1) is 0 Å². The van der Waals surface area contributed by atoms with Crippen molar-refractivity contribution in [2.24, 2.45) is 5.73 Å². The maximum Gasteiger partial charge on any atom is 0.225 e. The standard InChI is InChI=1S/C9H16N4/c1-4-13(3)9-11-6-8(5-10)7(2)12-9/h6H,4-5,10H2,1-3H3. The molecular formula is C9H16N4. The Morgan fingerprint density at radius 3 is 2.69 bits per heavy atom. The van der Waals surface area contributed by atoms with Gasteiger partial charge in [-0.2, -0.15) is 0 Å². The third-order valence-corrected chi connectivity index (χ3v) is 2.10. The molecule has 0 atom stereocenters. The average Bonchev–Trinajstić information content (AvgIpc) is 2.16. The lowest BCUT2D eigenvalue weighted by Crippen LogP contribution is -2.19. The van der Waals surface area contributed by atoms with Crippen LogP contribution in [-0.2, 0) is 6.54 Å². The van der Waals surface area contributed by atoms with Crippen LogP contribution in [-0.4, -0.2) is 23.6 Å². The molecule has 0 aliphatic heterocycles. The zero-order valence-electron chi connectivity index (χ0n) is 8.41. The van der Waals surface area contributed by atoms with Gasteiger partial charge in [0, 0.05) is 37.6 Å². The Labute approximate surface area is 78.8 Å². The van der Waals surface area contributed by atoms with E-state index in [-0.39, 0.29) is 0 Å². The number of aryl methyl sites for hydroxylation is 1. The Morgan fingerprint density at radius 2 is 2.23 bits per heavy atom. The van der Waals surface area contributed by atoms with Crippen LogP contribution in [0.3, 0.4) is 0 Å². The van der Waals surface area contributed by atoms with Gasteiger partial charge in [-0.1, -0.05) is 0 Å². The number of rotatable bonds is 3. The topological polar surface area (TPSA) is 55.0 Å². The van der Waals surface area contributed by atoms with Gasteiger partial charge in [-0.05, 0) is 13.8 Å². The lowest BCUT2D eigenvalue weighted by atomic mass is 10.2. The average molecular weight is 180 g/mol. The van der Waals surface area contributed by atoms with E-state index >= 15 is 0 Å². The number of hydrogen-bond donors (Lipinski definition) is 1. The largest absolute Gasteiger partial charge is 0.344 e. The summed E-state index contributed by atoms with van der Waals surface area (Å²) in [5.74, 6) is 0.761. The number of aromatic nitrogens is 2. The molecule has 0 spiro atoms. The highest BCUT2D eigenvalue weighted by Gasteiger charge is 2.04. The van der Waals surface area contributed by atoms with Crippen molar-refractivity contribution in [3.05, 3.63) is 17.5 Å². The summed E-state index contributed by atoms with van der Waals surface area (Å²) >= 11 is 0. The van der Waals surface area contributed by atoms with E-state index in [0.29, 0.717) is 6.54 Å². The van der Waals surface area contributed by atoms with Crippen molar-refractivity contribution in [3.63, 3.8) is 0 Å². The van der Waals surface area contributed by atoms with Gasteiger partial charge >= 0.3 is 0 Å². The molecule has 1 heterocycles. The minimum atomic E-state index is 0.502. The molecule has 0 fully saturated rings. The normalized spacial score (nSPS) is 10.2. The van der Waals surface area contributed by atoms with Crippen LogP contribution < -0.4 is 10.6 Å². The maximum absolute atomic E-state index is 5.52. The van der Waals surface area contributed by atoms with Crippen LogP contribution in [0.2, 0.25) is 0 Å². The molecule has 1 aromatic heterocycles. The fourth-order valence-corrected chi connectivity index (χ4v) is 1.01. The van der Waals surface area contributed by atoms with Gasteiger partial charge < -0.3 is 10.6 Å². The molecule has 0 bridgehead atoms. The summed E-state index contributed by atoms with van der Waals surface area (Å²) in [4.78, 5) is 10.6. The molecule has 13 heavy (non-hydrogen) atoms. The summed E-state index contributed by atoms with van der Waals surface area (Å²) in [6, 6.07) is 0. The van der Waals surface area contributed by atoms with E-state index in [1.807, 2.05) is 18.9 Å². The van der Waals surface area contributed by atoms with Crippen molar-refractivity contribution in [3.8, 4) is 0 Å². The van der Waals surface area contributed by atoms with Gasteiger partial charge in [0.25, 0.3) is 0 Å². The summed E-state index contributed by atoms with van der Waals surface area (Å²) in [6.45, 7) is 5.43. The molecule has 0 aromatic carbocycles. The second-order valence-corrected chi connectivity index (χ2v) is 3.00. The van der Waals surface area contributed by atoms with Gasteiger partial charge in [0.2, 0.25) is 5.95 Å². The van der Waals surface area contributed by atoms with Crippen LogP contribution >= 0.6 is 0 Å². The van der Waals surface area contributed by atoms with E-state index in [9.17, 15) is 0 Å². The molecule has 0 amide bonds. The Kier molecular flexibility index (Phi) is 3.19. The minimum Gasteiger partial charge on any atom is -0.344 e. The van der Waals surface area contributed by atoms with Crippen molar-refractivity contribution in [2.75, 3.05) is 18.5 Å². The van der Waals surface area contributed by atoms with Crippen molar-refractivity contribution in [2.45, 2.75) is 20.4 Å². The Balaban J connectivity index is 2.95. The van der Waals surface area contributed by atoms with E-state index in [4.69, 9.17) is 5.73 Å². The van der Waals surface area contributed by atoms with Crippen molar-refractivity contribution in [1.29, 1.82) is 0 Å². The summed E-state index contributed by atoms with van der Waals surface area (Å²) in [5, 5.41) is 0. The molecular weight excluding hydrogens is 164 g/mol. The predicted octanol–water partition coefficient (Wildman–Crippen LogP) is 0.700. The molecule has 0 unspecified atom stereocenters. The van der Waals surface area contributed by atoms with Crippen molar-refractivity contribution in [1.82, 2.24) is 9.97 Å². The Bertz CT molecular complexity index is 285. The Hall–Kier alpha value is -1.16. The lowest BCUT2D eigenvalue weighted by Gasteiger charge is -2.15. The van der Waals surface area contributed by atoms with E-state index in [0.717, 1.165) is 23.8 Å². The zero-order chi connectivity index (χ0) is 9.84. The second kappa shape index (κ2) is 4.18. The second-order valence-electron chi connectivity index (χ2n) is 3.00. The SMILES string of the molecule is CCN(C)c1ncc(CN)c(C)n1. The molecule has 2 N–H and O–H groups in total. The zero-order valence-corrected chi connectivity index (χ0v) is 8.41. The third-order valence-electron chi connectivity index (χ3n) is 2.10. The molecule has 4 heteroatoms. The van der Waals surface area contributed by atoms with Crippen molar-refractivity contribution >= 4 is 5.95 Å². The Morgan fingerprint density at radius 1 is 1.54 bits per heavy atom. The third kappa shape index (κ3) is 2.15. The van der Waals surface area contributed by atoms with Crippen LogP contribution in [0.5, 0.6) is 0 Å². The van der Waals surface area contributed by atoms with Gasteiger partial charge in [-0.25, -0.2) is 9.97 Å². The number of nitrogens with two attached hydrogens (primary N) is 1. The van der Waals surface area contributed by atoms with E-state index in [1.54, 1.807) is 6.20 Å². The number of nitrogens with zero attached hydrogens (tertiary/aromatic N) is 3. The molecule has 4 nitrogen and oxygen atoms in total. The summed E-state index contributed by atoms with van der Waals surface area (Å²) in [5.41, 5.74) is 7.49. The van der Waals surface area contributed by atoms with Gasteiger partial charge in [-0.15, -0.1) is 0 Å². The van der Waals surface area contributed by atoms with Crippen LogP contribution in [0.4, 0.5) is 5.95 Å².